The second kappa shape index (κ2) is 37.5. The number of rotatable bonds is 36. The smallest absolute Gasteiger partial charge is 0.462 e. The molecule has 0 aromatic heterocycles. The number of phosphoric ester groups is 1. The second-order valence-corrected chi connectivity index (χ2v) is 14.2. The van der Waals surface area contributed by atoms with Crippen LogP contribution in [0.5, 0.6) is 0 Å². The number of hydrogen-bond donors (Lipinski definition) is 2. The Balaban J connectivity index is 4.30. The summed E-state index contributed by atoms with van der Waals surface area (Å²) in [6.45, 7) is 3.58. The van der Waals surface area contributed by atoms with E-state index in [2.05, 4.69) is 74.6 Å². The lowest BCUT2D eigenvalue weighted by Crippen LogP contribution is -2.29. The number of nitrogens with two attached hydrogens (primary N) is 1. The number of ether oxygens (including phenoxy) is 2. The Labute approximate surface area is 310 Å². The third kappa shape index (κ3) is 37.3. The molecule has 3 N–H and O–H groups in total. The van der Waals surface area contributed by atoms with Gasteiger partial charge in [-0.3, -0.25) is 18.6 Å². The monoisotopic (exact) mass is 737 g/mol. The topological polar surface area (TPSA) is 134 Å². The van der Waals surface area contributed by atoms with Gasteiger partial charge in [0.25, 0.3) is 0 Å². The van der Waals surface area contributed by atoms with Crippen LogP contribution in [0.4, 0.5) is 0 Å². The molecule has 0 rings (SSSR count). The zero-order chi connectivity index (χ0) is 37.5. The van der Waals surface area contributed by atoms with Crippen molar-refractivity contribution in [3.05, 3.63) is 60.8 Å². The van der Waals surface area contributed by atoms with Crippen molar-refractivity contribution >= 4 is 19.8 Å². The van der Waals surface area contributed by atoms with E-state index in [0.717, 1.165) is 70.6 Å². The number of allylic oxidation sites excluding steroid dienone is 10. The number of carbonyl (C=O) groups is 2. The Morgan fingerprint density at radius 3 is 1.61 bits per heavy atom. The van der Waals surface area contributed by atoms with Gasteiger partial charge in [-0.15, -0.1) is 0 Å². The summed E-state index contributed by atoms with van der Waals surface area (Å²) in [6.07, 6.45) is 42.5. The molecule has 0 fully saturated rings. The van der Waals surface area contributed by atoms with Crippen molar-refractivity contribution in [1.82, 2.24) is 0 Å². The first-order valence-electron chi connectivity index (χ1n) is 19.8. The Kier molecular flexibility index (Phi) is 35.8. The van der Waals surface area contributed by atoms with E-state index in [-0.39, 0.29) is 32.6 Å². The van der Waals surface area contributed by atoms with Crippen LogP contribution in [0.25, 0.3) is 0 Å². The fraction of sp³-hybridized carbons (Fsp3) is 0.707. The lowest BCUT2D eigenvalue weighted by atomic mass is 10.1. The molecule has 9 nitrogen and oxygen atoms in total. The molecule has 0 heterocycles. The minimum Gasteiger partial charge on any atom is -0.462 e. The minimum atomic E-state index is -4.39. The molecule has 0 aromatic carbocycles. The summed E-state index contributed by atoms with van der Waals surface area (Å²) in [7, 11) is -4.39. The maximum absolute atomic E-state index is 12.5. The summed E-state index contributed by atoms with van der Waals surface area (Å²) in [4.78, 5) is 34.7. The zero-order valence-electron chi connectivity index (χ0n) is 32.1. The van der Waals surface area contributed by atoms with Gasteiger partial charge in [-0.25, -0.2) is 4.57 Å². The van der Waals surface area contributed by atoms with Crippen molar-refractivity contribution in [3.63, 3.8) is 0 Å². The first-order chi connectivity index (χ1) is 24.8. The van der Waals surface area contributed by atoms with Gasteiger partial charge in [-0.05, 0) is 77.0 Å². The molecule has 0 saturated heterocycles. The highest BCUT2D eigenvalue weighted by Crippen LogP contribution is 2.43. The predicted octanol–water partition coefficient (Wildman–Crippen LogP) is 10.9. The molecule has 51 heavy (non-hydrogen) atoms. The molecule has 0 spiro atoms. The van der Waals surface area contributed by atoms with Crippen LogP contribution in [0.2, 0.25) is 0 Å². The average Bonchev–Trinajstić information content (AvgIpc) is 3.11. The molecular weight excluding hydrogens is 665 g/mol. The van der Waals surface area contributed by atoms with Crippen molar-refractivity contribution < 1.29 is 37.6 Å². The zero-order valence-corrected chi connectivity index (χ0v) is 33.0. The van der Waals surface area contributed by atoms with Gasteiger partial charge in [-0.1, -0.05) is 126 Å². The summed E-state index contributed by atoms with van der Waals surface area (Å²) in [6, 6.07) is 0. The van der Waals surface area contributed by atoms with Gasteiger partial charge in [0, 0.05) is 19.4 Å². The highest BCUT2D eigenvalue weighted by Gasteiger charge is 2.25. The number of hydrogen-bond acceptors (Lipinski definition) is 8. The summed E-state index contributed by atoms with van der Waals surface area (Å²) in [5.74, 6) is -0.890. The predicted molar refractivity (Wildman–Crippen MR) is 210 cm³/mol. The SMILES string of the molecule is CCC/C=C/C/C=C/C/C=C/C/C=C/CCCCCC(=O)OC[C@H](COP(=O)(O)OCCN)OC(=O)CCCCC/C=C/CCCCCCCC. The van der Waals surface area contributed by atoms with Crippen LogP contribution < -0.4 is 5.73 Å². The maximum Gasteiger partial charge on any atom is 0.472 e. The lowest BCUT2D eigenvalue weighted by Gasteiger charge is -2.19. The summed E-state index contributed by atoms with van der Waals surface area (Å²) in [5, 5.41) is 0. The first-order valence-corrected chi connectivity index (χ1v) is 21.3. The highest BCUT2D eigenvalue weighted by atomic mass is 31.2. The minimum absolute atomic E-state index is 0.0440. The van der Waals surface area contributed by atoms with Crippen molar-refractivity contribution in [2.45, 2.75) is 161 Å². The first kappa shape index (κ1) is 48.7. The summed E-state index contributed by atoms with van der Waals surface area (Å²) >= 11 is 0. The van der Waals surface area contributed by atoms with E-state index in [9.17, 15) is 19.0 Å². The lowest BCUT2D eigenvalue weighted by molar-refractivity contribution is -0.161. The second-order valence-electron chi connectivity index (χ2n) is 12.8. The third-order valence-electron chi connectivity index (χ3n) is 7.86. The van der Waals surface area contributed by atoms with Crippen LogP contribution in [0.3, 0.4) is 0 Å². The van der Waals surface area contributed by atoms with Crippen LogP contribution in [-0.2, 0) is 32.7 Å². The molecule has 0 aromatic rings. The standard InChI is InChI=1S/C41H72NO8P/c1-3-5-7-9-11-13-15-17-18-19-20-22-23-25-27-29-31-33-40(43)47-37-39(38-49-51(45,46)48-36-35-42)50-41(44)34-32-30-28-26-24-21-16-14-12-10-8-6-4-2/h7,9,13,15,18-19,21-24,39H,3-6,8,10-12,14,16-17,20,25-38,42H2,1-2H3,(H,45,46)/b9-7+,15-13+,19-18+,23-22+,24-21+/t39-/m1/s1. The molecule has 0 bridgehead atoms. The van der Waals surface area contributed by atoms with Gasteiger partial charge in [0.05, 0.1) is 13.2 Å². The number of carbonyl (C=O) groups excluding carboxylic acids is 2. The van der Waals surface area contributed by atoms with E-state index >= 15 is 0 Å². The number of esters is 2. The van der Waals surface area contributed by atoms with E-state index in [1.807, 2.05) is 0 Å². The Hall–Kier alpha value is -2.29. The van der Waals surface area contributed by atoms with Crippen LogP contribution >= 0.6 is 7.82 Å². The van der Waals surface area contributed by atoms with E-state index < -0.39 is 32.5 Å². The van der Waals surface area contributed by atoms with Crippen molar-refractivity contribution in [2.75, 3.05) is 26.4 Å². The highest BCUT2D eigenvalue weighted by molar-refractivity contribution is 7.47. The fourth-order valence-corrected chi connectivity index (χ4v) is 5.68. The summed E-state index contributed by atoms with van der Waals surface area (Å²) < 4.78 is 32.6. The van der Waals surface area contributed by atoms with Crippen molar-refractivity contribution in [2.24, 2.45) is 5.73 Å². The molecule has 0 amide bonds. The normalized spacial score (nSPS) is 14.0. The average molecular weight is 738 g/mol. The Morgan fingerprint density at radius 2 is 1.06 bits per heavy atom. The van der Waals surface area contributed by atoms with Crippen molar-refractivity contribution in [1.29, 1.82) is 0 Å². The molecule has 2 atom stereocenters. The van der Waals surface area contributed by atoms with Gasteiger partial charge >= 0.3 is 19.8 Å². The van der Waals surface area contributed by atoms with Gasteiger partial charge in [0.1, 0.15) is 6.61 Å². The molecule has 1 unspecified atom stereocenters. The van der Waals surface area contributed by atoms with Crippen LogP contribution in [0.15, 0.2) is 60.8 Å². The van der Waals surface area contributed by atoms with Gasteiger partial charge in [0.15, 0.2) is 6.10 Å². The third-order valence-corrected chi connectivity index (χ3v) is 8.84. The molecule has 0 aliphatic rings. The van der Waals surface area contributed by atoms with E-state index in [4.69, 9.17) is 24.3 Å². The molecule has 10 heteroatoms. The molecule has 0 radical (unpaired) electrons. The largest absolute Gasteiger partial charge is 0.472 e. The molecule has 294 valence electrons. The van der Waals surface area contributed by atoms with E-state index in [1.54, 1.807) is 0 Å². The molecular formula is C41H72NO8P. The molecule has 0 aliphatic heterocycles. The number of unbranched alkanes of at least 4 members (excludes halogenated alkanes) is 13. The van der Waals surface area contributed by atoms with Crippen LogP contribution in [0, 0.1) is 0 Å². The number of phosphoric acid groups is 1. The van der Waals surface area contributed by atoms with Crippen molar-refractivity contribution in [3.8, 4) is 0 Å². The Morgan fingerprint density at radius 1 is 0.588 bits per heavy atom. The summed E-state index contributed by atoms with van der Waals surface area (Å²) in [5.41, 5.74) is 5.33. The van der Waals surface area contributed by atoms with E-state index in [1.165, 1.54) is 44.9 Å². The molecule has 0 aliphatic carbocycles. The van der Waals surface area contributed by atoms with E-state index in [0.29, 0.717) is 12.8 Å². The molecule has 0 saturated carbocycles. The maximum atomic E-state index is 12.5. The van der Waals surface area contributed by atoms with Gasteiger partial charge in [-0.2, -0.15) is 0 Å². The fourth-order valence-electron chi connectivity index (χ4n) is 4.91. The van der Waals surface area contributed by atoms with Gasteiger partial charge in [0.2, 0.25) is 0 Å². The Bertz CT molecular complexity index is 1020. The quantitative estimate of drug-likeness (QED) is 0.0279. The van der Waals surface area contributed by atoms with Crippen LogP contribution in [-0.4, -0.2) is 49.3 Å². The van der Waals surface area contributed by atoms with Gasteiger partial charge < -0.3 is 20.1 Å². The van der Waals surface area contributed by atoms with Crippen LogP contribution in [0.1, 0.15) is 155 Å².